The third-order valence-electron chi connectivity index (χ3n) is 8.96. The minimum atomic E-state index is 0.121. The molecule has 45 heavy (non-hydrogen) atoms. The van der Waals surface area contributed by atoms with Gasteiger partial charge < -0.3 is 9.32 Å². The molecule has 7 aromatic rings. The van der Waals surface area contributed by atoms with Gasteiger partial charge in [-0.25, -0.2) is 15.0 Å². The molecule has 5 aromatic carbocycles. The van der Waals surface area contributed by atoms with Crippen LogP contribution in [0.15, 0.2) is 138 Å². The lowest BCUT2D eigenvalue weighted by Crippen LogP contribution is -2.30. The van der Waals surface area contributed by atoms with Crippen molar-refractivity contribution in [2.24, 2.45) is 0 Å². The van der Waals surface area contributed by atoms with Gasteiger partial charge in [0.25, 0.3) is 0 Å². The third kappa shape index (κ3) is 4.12. The number of fused-ring (bicyclic) bond motifs is 7. The number of rotatable bonds is 4. The van der Waals surface area contributed by atoms with Crippen LogP contribution in [0.2, 0.25) is 0 Å². The molecule has 2 unspecified atom stereocenters. The molecule has 1 aliphatic heterocycles. The molecule has 0 spiro atoms. The molecule has 0 bridgehead atoms. The highest BCUT2D eigenvalue weighted by atomic mass is 16.3. The van der Waals surface area contributed by atoms with Gasteiger partial charge in [-0.2, -0.15) is 0 Å². The summed E-state index contributed by atoms with van der Waals surface area (Å²) in [6.45, 7) is 2.11. The number of hydrogen-bond acceptors (Lipinski definition) is 5. The smallest absolute Gasteiger partial charge is 0.164 e. The van der Waals surface area contributed by atoms with E-state index in [2.05, 4.69) is 90.7 Å². The second-order valence-electron chi connectivity index (χ2n) is 11.7. The maximum absolute atomic E-state index is 6.60. The highest BCUT2D eigenvalue weighted by Crippen LogP contribution is 2.53. The number of furan rings is 1. The summed E-state index contributed by atoms with van der Waals surface area (Å²) in [6, 6.07) is 44.1. The molecule has 214 valence electrons. The van der Waals surface area contributed by atoms with E-state index in [4.69, 9.17) is 19.4 Å². The molecule has 1 aliphatic carbocycles. The first kappa shape index (κ1) is 25.7. The quantitative estimate of drug-likeness (QED) is 0.207. The molecule has 0 fully saturated rings. The van der Waals surface area contributed by atoms with Gasteiger partial charge in [0, 0.05) is 44.9 Å². The van der Waals surface area contributed by atoms with Crippen LogP contribution in [0.4, 0.5) is 11.4 Å². The highest BCUT2D eigenvalue weighted by molar-refractivity contribution is 5.94. The number of anilines is 2. The fourth-order valence-corrected chi connectivity index (χ4v) is 6.99. The van der Waals surface area contributed by atoms with E-state index >= 15 is 0 Å². The van der Waals surface area contributed by atoms with Crippen molar-refractivity contribution in [1.29, 1.82) is 0 Å². The van der Waals surface area contributed by atoms with Crippen molar-refractivity contribution in [3.63, 3.8) is 0 Å². The summed E-state index contributed by atoms with van der Waals surface area (Å²) >= 11 is 0. The van der Waals surface area contributed by atoms with Gasteiger partial charge in [0.2, 0.25) is 0 Å². The average Bonchev–Trinajstić information content (AvgIpc) is 3.65. The first-order valence-electron chi connectivity index (χ1n) is 15.3. The standard InChI is InChI=1S/C40H28N4O/c1-25-23-28(40-42-38(26-13-5-2-6-14-26)41-39(43-40)27-15-7-3-8-16-27)24-31-36-34(45-37(25)31)22-21-33-35(36)30-19-11-12-20-32(30)44(33)29-17-9-4-10-18-29/h2-24,33,35H,1H3. The maximum Gasteiger partial charge on any atom is 0.164 e. The van der Waals surface area contributed by atoms with Crippen LogP contribution >= 0.6 is 0 Å². The van der Waals surface area contributed by atoms with E-state index in [1.807, 2.05) is 60.7 Å². The van der Waals surface area contributed by atoms with Crippen molar-refractivity contribution < 1.29 is 4.42 Å². The van der Waals surface area contributed by atoms with E-state index in [-0.39, 0.29) is 12.0 Å². The predicted molar refractivity (Wildman–Crippen MR) is 180 cm³/mol. The Morgan fingerprint density at radius 2 is 1.20 bits per heavy atom. The fraction of sp³-hybridized carbons (Fsp3) is 0.0750. The largest absolute Gasteiger partial charge is 0.456 e. The second kappa shape index (κ2) is 10.1. The molecule has 2 aromatic heterocycles. The van der Waals surface area contributed by atoms with Crippen LogP contribution in [-0.4, -0.2) is 21.0 Å². The minimum Gasteiger partial charge on any atom is -0.456 e. The van der Waals surface area contributed by atoms with Crippen LogP contribution in [-0.2, 0) is 0 Å². The average molecular weight is 581 g/mol. The first-order chi connectivity index (χ1) is 22.2. The van der Waals surface area contributed by atoms with Crippen LogP contribution in [0, 0.1) is 6.92 Å². The van der Waals surface area contributed by atoms with Gasteiger partial charge in [0.1, 0.15) is 11.3 Å². The Morgan fingerprint density at radius 1 is 0.622 bits per heavy atom. The van der Waals surface area contributed by atoms with Gasteiger partial charge >= 0.3 is 0 Å². The Kier molecular flexibility index (Phi) is 5.78. The molecule has 0 N–H and O–H groups in total. The summed E-state index contributed by atoms with van der Waals surface area (Å²) in [6.07, 6.45) is 4.45. The molecular formula is C40H28N4O. The van der Waals surface area contributed by atoms with E-state index in [1.54, 1.807) is 0 Å². The third-order valence-corrected chi connectivity index (χ3v) is 8.96. The lowest BCUT2D eigenvalue weighted by Gasteiger charge is -2.30. The van der Waals surface area contributed by atoms with Crippen molar-refractivity contribution in [1.82, 2.24) is 15.0 Å². The zero-order valence-electron chi connectivity index (χ0n) is 24.6. The fourth-order valence-electron chi connectivity index (χ4n) is 6.99. The van der Waals surface area contributed by atoms with Crippen molar-refractivity contribution in [2.45, 2.75) is 18.9 Å². The van der Waals surface area contributed by atoms with Crippen molar-refractivity contribution in [2.75, 3.05) is 4.90 Å². The first-order valence-corrected chi connectivity index (χ1v) is 15.3. The second-order valence-corrected chi connectivity index (χ2v) is 11.7. The molecule has 2 aliphatic rings. The predicted octanol–water partition coefficient (Wildman–Crippen LogP) is 9.61. The monoisotopic (exact) mass is 580 g/mol. The number of benzene rings is 5. The Labute approximate surface area is 261 Å². The van der Waals surface area contributed by atoms with Crippen LogP contribution in [0.3, 0.4) is 0 Å². The summed E-state index contributed by atoms with van der Waals surface area (Å²) < 4.78 is 6.60. The van der Waals surface area contributed by atoms with Crippen molar-refractivity contribution in [3.05, 3.63) is 156 Å². The van der Waals surface area contributed by atoms with E-state index in [9.17, 15) is 0 Å². The number of para-hydroxylation sites is 2. The van der Waals surface area contributed by atoms with Gasteiger partial charge in [-0.05, 0) is 54.5 Å². The van der Waals surface area contributed by atoms with E-state index in [0.717, 1.165) is 39.0 Å². The normalized spacial score (nSPS) is 16.4. The SMILES string of the molecule is Cc1cc(-c2nc(-c3ccccc3)nc(-c3ccccc3)n2)cc2c3c(oc12)C=CC1C3c2ccccc2N1c1ccccc1. The molecule has 9 rings (SSSR count). The highest BCUT2D eigenvalue weighted by Gasteiger charge is 2.43. The summed E-state index contributed by atoms with van der Waals surface area (Å²) in [5.41, 5.74) is 9.74. The van der Waals surface area contributed by atoms with Gasteiger partial charge in [0.05, 0.1) is 6.04 Å². The maximum atomic E-state index is 6.60. The summed E-state index contributed by atoms with van der Waals surface area (Å²) in [5, 5.41) is 1.10. The Morgan fingerprint density at radius 3 is 1.87 bits per heavy atom. The topological polar surface area (TPSA) is 55.1 Å². The minimum absolute atomic E-state index is 0.121. The van der Waals surface area contributed by atoms with Crippen LogP contribution in [0.5, 0.6) is 0 Å². The molecule has 3 heterocycles. The van der Waals surface area contributed by atoms with Gasteiger partial charge in [-0.1, -0.05) is 103 Å². The Hall–Kier alpha value is -5.81. The van der Waals surface area contributed by atoms with Crippen LogP contribution in [0.25, 0.3) is 51.2 Å². The van der Waals surface area contributed by atoms with Gasteiger partial charge in [-0.15, -0.1) is 0 Å². The molecule has 0 saturated carbocycles. The lowest BCUT2D eigenvalue weighted by atomic mass is 9.82. The number of aromatic nitrogens is 3. The molecule has 0 saturated heterocycles. The molecule has 5 heteroatoms. The van der Waals surface area contributed by atoms with Gasteiger partial charge in [-0.3, -0.25) is 0 Å². The van der Waals surface area contributed by atoms with Crippen LogP contribution < -0.4 is 4.90 Å². The lowest BCUT2D eigenvalue weighted by molar-refractivity contribution is 0.582. The number of nitrogens with zero attached hydrogens (tertiary/aromatic N) is 4. The van der Waals surface area contributed by atoms with Crippen LogP contribution in [0.1, 0.15) is 28.4 Å². The van der Waals surface area contributed by atoms with E-state index in [0.29, 0.717) is 17.5 Å². The van der Waals surface area contributed by atoms with Crippen molar-refractivity contribution >= 4 is 28.4 Å². The molecule has 0 radical (unpaired) electrons. The molecule has 2 atom stereocenters. The van der Waals surface area contributed by atoms with E-state index < -0.39 is 0 Å². The van der Waals surface area contributed by atoms with Gasteiger partial charge in [0.15, 0.2) is 17.5 Å². The summed E-state index contributed by atoms with van der Waals surface area (Å²) in [7, 11) is 0. The summed E-state index contributed by atoms with van der Waals surface area (Å²) in [4.78, 5) is 17.4. The number of hydrogen-bond donors (Lipinski definition) is 0. The molecule has 5 nitrogen and oxygen atoms in total. The Bertz CT molecular complexity index is 2180. The zero-order chi connectivity index (χ0) is 29.9. The summed E-state index contributed by atoms with van der Waals surface area (Å²) in [5.74, 6) is 2.98. The van der Waals surface area contributed by atoms with Crippen molar-refractivity contribution in [3.8, 4) is 34.2 Å². The van der Waals surface area contributed by atoms with E-state index in [1.165, 1.54) is 22.5 Å². The number of aryl methyl sites for hydroxylation is 1. The zero-order valence-corrected chi connectivity index (χ0v) is 24.6. The Balaban J connectivity index is 1.24. The molecule has 0 amide bonds. The molecular weight excluding hydrogens is 552 g/mol.